The highest BCUT2D eigenvalue weighted by Crippen LogP contribution is 2.28. The molecule has 0 aromatic rings. The normalized spacial score (nSPS) is 32.3. The molecule has 0 N–H and O–H groups in total. The van der Waals surface area contributed by atoms with Gasteiger partial charge in [-0.05, 0) is 19.3 Å². The first-order valence-corrected chi connectivity index (χ1v) is 8.88. The highest BCUT2D eigenvalue weighted by atomic mass is 19.1. The van der Waals surface area contributed by atoms with Gasteiger partial charge in [-0.2, -0.15) is 0 Å². The summed E-state index contributed by atoms with van der Waals surface area (Å²) in [6, 6.07) is -1.38. The zero-order valence-corrected chi connectivity index (χ0v) is 14.4. The van der Waals surface area contributed by atoms with Crippen LogP contribution in [0.2, 0.25) is 0 Å². The van der Waals surface area contributed by atoms with Crippen LogP contribution in [0.4, 0.5) is 4.39 Å². The van der Waals surface area contributed by atoms with Gasteiger partial charge in [0.1, 0.15) is 24.5 Å². The van der Waals surface area contributed by atoms with Crippen LogP contribution in [0.15, 0.2) is 0 Å². The molecule has 8 heteroatoms. The lowest BCUT2D eigenvalue weighted by Gasteiger charge is -2.32. The van der Waals surface area contributed by atoms with Gasteiger partial charge < -0.3 is 19.5 Å². The van der Waals surface area contributed by atoms with Gasteiger partial charge >= 0.3 is 0 Å². The molecule has 0 spiro atoms. The molecule has 0 saturated carbocycles. The van der Waals surface area contributed by atoms with Crippen LogP contribution in [0.25, 0.3) is 0 Å². The van der Waals surface area contributed by atoms with Crippen molar-refractivity contribution in [2.75, 3.05) is 26.2 Å². The lowest BCUT2D eigenvalue weighted by Crippen LogP contribution is -2.53. The number of carbonyl (C=O) groups excluding carboxylic acids is 4. The van der Waals surface area contributed by atoms with E-state index in [-0.39, 0.29) is 36.6 Å². The zero-order chi connectivity index (χ0) is 18.1. The standard InChI is InChI=1S/C17H24FN3O4/c1-11(23)21-9-13(18)7-15(21)17(25)20-5-2-3-14(20)16(24)19-6-4-12(8-19)10-22/h10,12-15H,2-9H2,1H3/t12-,13+,14?,15+/m1/s1. The Hall–Kier alpha value is -1.99. The van der Waals surface area contributed by atoms with Crippen molar-refractivity contribution < 1.29 is 23.6 Å². The summed E-state index contributed by atoms with van der Waals surface area (Å²) in [5.41, 5.74) is 0. The first kappa shape index (κ1) is 17.8. The second-order valence-corrected chi connectivity index (χ2v) is 7.18. The molecule has 3 rings (SSSR count). The number of hydrogen-bond acceptors (Lipinski definition) is 4. The maximum absolute atomic E-state index is 13.7. The third kappa shape index (κ3) is 3.39. The number of likely N-dealkylation sites (tertiary alicyclic amines) is 3. The predicted octanol–water partition coefficient (Wildman–Crippen LogP) is -0.0163. The van der Waals surface area contributed by atoms with E-state index in [1.165, 1.54) is 16.7 Å². The summed E-state index contributed by atoms with van der Waals surface area (Å²) in [6.45, 7) is 2.63. The molecule has 4 atom stereocenters. The second-order valence-electron chi connectivity index (χ2n) is 7.18. The molecule has 0 radical (unpaired) electrons. The molecular formula is C17H24FN3O4. The van der Waals surface area contributed by atoms with Gasteiger partial charge in [0.25, 0.3) is 0 Å². The summed E-state index contributed by atoms with van der Waals surface area (Å²) in [7, 11) is 0. The van der Waals surface area contributed by atoms with Crippen molar-refractivity contribution in [1.82, 2.24) is 14.7 Å². The SMILES string of the molecule is CC(=O)N1C[C@@H](F)C[C@H]1C(=O)N1CCCC1C(=O)N1CC[C@@H](C=O)C1. The van der Waals surface area contributed by atoms with Crippen molar-refractivity contribution in [3.63, 3.8) is 0 Å². The summed E-state index contributed by atoms with van der Waals surface area (Å²) in [5.74, 6) is -0.935. The highest BCUT2D eigenvalue weighted by Gasteiger charge is 2.45. The van der Waals surface area contributed by atoms with Crippen LogP contribution >= 0.6 is 0 Å². The second kappa shape index (κ2) is 7.09. The van der Waals surface area contributed by atoms with Crippen molar-refractivity contribution in [3.05, 3.63) is 0 Å². The number of alkyl halides is 1. The third-order valence-electron chi connectivity index (χ3n) is 5.49. The predicted molar refractivity (Wildman–Crippen MR) is 86.2 cm³/mol. The average molecular weight is 353 g/mol. The van der Waals surface area contributed by atoms with Crippen molar-refractivity contribution in [2.24, 2.45) is 5.92 Å². The minimum Gasteiger partial charge on any atom is -0.340 e. The Balaban J connectivity index is 1.70. The highest BCUT2D eigenvalue weighted by molar-refractivity contribution is 5.93. The summed E-state index contributed by atoms with van der Waals surface area (Å²) < 4.78 is 13.7. The monoisotopic (exact) mass is 353 g/mol. The van der Waals surface area contributed by atoms with Gasteiger partial charge in [0.15, 0.2) is 0 Å². The first-order chi connectivity index (χ1) is 11.9. The molecule has 3 saturated heterocycles. The molecule has 3 heterocycles. The van der Waals surface area contributed by atoms with Crippen LogP contribution in [0.5, 0.6) is 0 Å². The molecule has 3 aliphatic heterocycles. The van der Waals surface area contributed by atoms with E-state index in [0.29, 0.717) is 38.9 Å². The van der Waals surface area contributed by atoms with Crippen LogP contribution < -0.4 is 0 Å². The first-order valence-electron chi connectivity index (χ1n) is 8.88. The summed E-state index contributed by atoms with van der Waals surface area (Å²) in [4.78, 5) is 52.7. The molecule has 0 aromatic heterocycles. The molecule has 0 bridgehead atoms. The average Bonchev–Trinajstić information content (AvgIpc) is 3.31. The number of hydrogen-bond donors (Lipinski definition) is 0. The number of amides is 3. The van der Waals surface area contributed by atoms with E-state index < -0.39 is 18.3 Å². The van der Waals surface area contributed by atoms with Gasteiger partial charge in [-0.25, -0.2) is 4.39 Å². The molecule has 0 aliphatic carbocycles. The van der Waals surface area contributed by atoms with Crippen molar-refractivity contribution in [3.8, 4) is 0 Å². The van der Waals surface area contributed by atoms with E-state index >= 15 is 0 Å². The van der Waals surface area contributed by atoms with Crippen molar-refractivity contribution >= 4 is 24.0 Å². The molecule has 3 aliphatic rings. The molecule has 1 unspecified atom stereocenters. The van der Waals surface area contributed by atoms with E-state index in [9.17, 15) is 23.6 Å². The Bertz CT molecular complexity index is 584. The van der Waals surface area contributed by atoms with Crippen molar-refractivity contribution in [1.29, 1.82) is 0 Å². The summed E-state index contributed by atoms with van der Waals surface area (Å²) >= 11 is 0. The van der Waals surface area contributed by atoms with Crippen molar-refractivity contribution in [2.45, 2.75) is 50.9 Å². The van der Waals surface area contributed by atoms with E-state index in [4.69, 9.17) is 0 Å². The van der Waals surface area contributed by atoms with Crippen LogP contribution in [0, 0.1) is 5.92 Å². The van der Waals surface area contributed by atoms with Gasteiger partial charge in [0.2, 0.25) is 17.7 Å². The minimum absolute atomic E-state index is 0.00719. The van der Waals surface area contributed by atoms with E-state index in [1.54, 1.807) is 4.90 Å². The number of carbonyl (C=O) groups is 4. The fraction of sp³-hybridized carbons (Fsp3) is 0.765. The fourth-order valence-electron chi connectivity index (χ4n) is 4.15. The molecule has 3 amide bonds. The van der Waals surface area contributed by atoms with Crippen LogP contribution in [0.3, 0.4) is 0 Å². The van der Waals surface area contributed by atoms with Gasteiger partial charge in [-0.15, -0.1) is 0 Å². The quantitative estimate of drug-likeness (QED) is 0.669. The van der Waals surface area contributed by atoms with Gasteiger partial charge in [-0.3, -0.25) is 14.4 Å². The van der Waals surface area contributed by atoms with E-state index in [1.807, 2.05) is 0 Å². The summed E-state index contributed by atoms with van der Waals surface area (Å²) in [5, 5.41) is 0. The van der Waals surface area contributed by atoms with E-state index in [2.05, 4.69) is 0 Å². The van der Waals surface area contributed by atoms with Gasteiger partial charge in [0, 0.05) is 38.9 Å². The Morgan fingerprint density at radius 2 is 1.76 bits per heavy atom. The number of rotatable bonds is 3. The third-order valence-corrected chi connectivity index (χ3v) is 5.49. The molecule has 7 nitrogen and oxygen atoms in total. The van der Waals surface area contributed by atoms with Crippen LogP contribution in [-0.2, 0) is 19.2 Å². The smallest absolute Gasteiger partial charge is 0.246 e. The topological polar surface area (TPSA) is 78.0 Å². The van der Waals surface area contributed by atoms with Crippen LogP contribution in [0.1, 0.15) is 32.6 Å². The fourth-order valence-corrected chi connectivity index (χ4v) is 4.15. The molecule has 3 fully saturated rings. The number of halogens is 1. The molecule has 0 aromatic carbocycles. The van der Waals surface area contributed by atoms with Gasteiger partial charge in [-0.1, -0.05) is 0 Å². The summed E-state index contributed by atoms with van der Waals surface area (Å²) in [6.07, 6.45) is 1.58. The molecule has 138 valence electrons. The minimum atomic E-state index is -1.21. The molecule has 25 heavy (non-hydrogen) atoms. The zero-order valence-electron chi connectivity index (χ0n) is 14.4. The van der Waals surface area contributed by atoms with E-state index in [0.717, 1.165) is 6.29 Å². The lowest BCUT2D eigenvalue weighted by molar-refractivity contribution is -0.148. The lowest BCUT2D eigenvalue weighted by atomic mass is 10.1. The Labute approximate surface area is 146 Å². The Kier molecular flexibility index (Phi) is 5.06. The largest absolute Gasteiger partial charge is 0.340 e. The van der Waals surface area contributed by atoms with Gasteiger partial charge in [0.05, 0.1) is 6.54 Å². The maximum Gasteiger partial charge on any atom is 0.246 e. The number of aldehydes is 1. The molecular weight excluding hydrogens is 329 g/mol. The Morgan fingerprint density at radius 1 is 1.00 bits per heavy atom. The maximum atomic E-state index is 13.7. The number of nitrogens with zero attached hydrogens (tertiary/aromatic N) is 3. The Morgan fingerprint density at radius 3 is 2.40 bits per heavy atom. The van der Waals surface area contributed by atoms with Crippen LogP contribution in [-0.4, -0.2) is 83.1 Å².